The Kier molecular flexibility index (Phi) is 6.30. The number of sulfonamides is 1. The van der Waals surface area contributed by atoms with Crippen molar-refractivity contribution in [3.05, 3.63) is 71.3 Å². The van der Waals surface area contributed by atoms with Gasteiger partial charge in [0.2, 0.25) is 10.0 Å². The molecular weight excluding hydrogens is 394 g/mol. The molecule has 29 heavy (non-hydrogen) atoms. The summed E-state index contributed by atoms with van der Waals surface area (Å²) in [7, 11) is -0.665. The fourth-order valence-electron chi connectivity index (χ4n) is 2.67. The number of rotatable bonds is 8. The molecule has 3 rings (SSSR count). The van der Waals surface area contributed by atoms with E-state index in [1.165, 1.54) is 36.2 Å². The fraction of sp³-hybridized carbons (Fsp3) is 0.200. The number of hydrogen-bond acceptors (Lipinski definition) is 6. The van der Waals surface area contributed by atoms with Crippen molar-refractivity contribution in [1.29, 1.82) is 0 Å². The maximum Gasteiger partial charge on any atom is 0.253 e. The van der Waals surface area contributed by atoms with E-state index in [1.54, 1.807) is 31.4 Å². The molecule has 152 valence electrons. The molecule has 0 saturated carbocycles. The number of benzene rings is 2. The van der Waals surface area contributed by atoms with Crippen molar-refractivity contribution >= 4 is 10.0 Å². The average molecular weight is 415 g/mol. The van der Waals surface area contributed by atoms with Crippen LogP contribution < -0.4 is 19.8 Å². The number of ether oxygens (including phenoxy) is 2. The molecule has 8 nitrogen and oxygen atoms in total. The Balaban J connectivity index is 1.67. The summed E-state index contributed by atoms with van der Waals surface area (Å²) in [4.78, 5) is 16.7. The fourth-order valence-corrected chi connectivity index (χ4v) is 3.72. The molecule has 9 heteroatoms. The zero-order chi connectivity index (χ0) is 20.9. The van der Waals surface area contributed by atoms with Gasteiger partial charge in [-0.2, -0.15) is 0 Å². The highest BCUT2D eigenvalue weighted by Crippen LogP contribution is 2.19. The molecule has 0 saturated heterocycles. The molecule has 0 spiro atoms. The van der Waals surface area contributed by atoms with Gasteiger partial charge < -0.3 is 9.47 Å². The first-order valence-corrected chi connectivity index (χ1v) is 10.3. The summed E-state index contributed by atoms with van der Waals surface area (Å²) in [5.41, 5.74) is 1.05. The van der Waals surface area contributed by atoms with Gasteiger partial charge >= 0.3 is 0 Å². The molecule has 1 heterocycles. The van der Waals surface area contributed by atoms with E-state index in [0.717, 1.165) is 5.56 Å². The first-order valence-electron chi connectivity index (χ1n) is 8.77. The highest BCUT2D eigenvalue weighted by Gasteiger charge is 2.14. The maximum absolute atomic E-state index is 12.4. The summed E-state index contributed by atoms with van der Waals surface area (Å²) in [6.07, 6.45) is 1.40. The zero-order valence-corrected chi connectivity index (χ0v) is 16.8. The maximum atomic E-state index is 12.4. The Hall–Kier alpha value is -3.17. The molecule has 0 bridgehead atoms. The second kappa shape index (κ2) is 8.89. The minimum atomic E-state index is -3.71. The van der Waals surface area contributed by atoms with E-state index in [4.69, 9.17) is 9.47 Å². The minimum absolute atomic E-state index is 0.0447. The van der Waals surface area contributed by atoms with Crippen molar-refractivity contribution in [2.45, 2.75) is 11.4 Å². The van der Waals surface area contributed by atoms with Gasteiger partial charge in [-0.05, 0) is 36.4 Å². The summed E-state index contributed by atoms with van der Waals surface area (Å²) in [6, 6.07) is 14.8. The van der Waals surface area contributed by atoms with Gasteiger partial charge in [0.05, 0.1) is 31.1 Å². The average Bonchev–Trinajstić information content (AvgIpc) is 2.75. The lowest BCUT2D eigenvalue weighted by Crippen LogP contribution is -2.30. The Labute approximate surface area is 168 Å². The normalized spacial score (nSPS) is 11.2. The summed E-state index contributed by atoms with van der Waals surface area (Å²) >= 11 is 0. The Morgan fingerprint density at radius 1 is 1.00 bits per heavy atom. The SMILES string of the molecule is COc1ccc(-c2cc(=O)n(CCNS(=O)(=O)c3cccc(OC)c3)cn2)cc1. The zero-order valence-electron chi connectivity index (χ0n) is 16.0. The molecule has 2 aromatic carbocycles. The van der Waals surface area contributed by atoms with E-state index in [1.807, 2.05) is 12.1 Å². The quantitative estimate of drug-likeness (QED) is 0.603. The lowest BCUT2D eigenvalue weighted by Gasteiger charge is -2.10. The Morgan fingerprint density at radius 2 is 1.72 bits per heavy atom. The molecule has 1 aromatic heterocycles. The summed E-state index contributed by atoms with van der Waals surface area (Å²) in [6.45, 7) is 0.195. The van der Waals surface area contributed by atoms with Crippen LogP contribution in [0.25, 0.3) is 11.3 Å². The van der Waals surface area contributed by atoms with E-state index >= 15 is 0 Å². The van der Waals surface area contributed by atoms with Crippen LogP contribution in [0.15, 0.2) is 70.6 Å². The van der Waals surface area contributed by atoms with E-state index in [9.17, 15) is 13.2 Å². The number of hydrogen-bond donors (Lipinski definition) is 1. The third kappa shape index (κ3) is 5.01. The molecule has 0 aliphatic rings. The molecule has 0 fully saturated rings. The largest absolute Gasteiger partial charge is 0.497 e. The Morgan fingerprint density at radius 3 is 2.38 bits per heavy atom. The van der Waals surface area contributed by atoms with Crippen molar-refractivity contribution in [3.8, 4) is 22.8 Å². The lowest BCUT2D eigenvalue weighted by atomic mass is 10.1. The van der Waals surface area contributed by atoms with Gasteiger partial charge in [0.1, 0.15) is 11.5 Å². The van der Waals surface area contributed by atoms with Crippen LogP contribution >= 0.6 is 0 Å². The van der Waals surface area contributed by atoms with Crippen LogP contribution in [-0.4, -0.2) is 38.7 Å². The molecular formula is C20H21N3O5S. The van der Waals surface area contributed by atoms with Crippen molar-refractivity contribution in [3.63, 3.8) is 0 Å². The van der Waals surface area contributed by atoms with Gasteiger partial charge in [-0.25, -0.2) is 18.1 Å². The van der Waals surface area contributed by atoms with E-state index in [2.05, 4.69) is 9.71 Å². The predicted molar refractivity (Wildman–Crippen MR) is 109 cm³/mol. The third-order valence-corrected chi connectivity index (χ3v) is 5.72. The topological polar surface area (TPSA) is 99.5 Å². The molecule has 0 radical (unpaired) electrons. The van der Waals surface area contributed by atoms with E-state index in [0.29, 0.717) is 17.2 Å². The molecule has 0 amide bonds. The van der Waals surface area contributed by atoms with Gasteiger partial charge in [0.25, 0.3) is 5.56 Å². The molecule has 1 N–H and O–H groups in total. The number of nitrogens with zero attached hydrogens (tertiary/aromatic N) is 2. The summed E-state index contributed by atoms with van der Waals surface area (Å²) < 4.78 is 38.8. The van der Waals surface area contributed by atoms with Crippen LogP contribution in [0, 0.1) is 0 Å². The van der Waals surface area contributed by atoms with Crippen LogP contribution in [-0.2, 0) is 16.6 Å². The van der Waals surface area contributed by atoms with Crippen LogP contribution in [0.1, 0.15) is 0 Å². The van der Waals surface area contributed by atoms with Crippen LogP contribution in [0.3, 0.4) is 0 Å². The van der Waals surface area contributed by atoms with Crippen molar-refractivity contribution in [2.24, 2.45) is 0 Å². The first-order chi connectivity index (χ1) is 13.9. The van der Waals surface area contributed by atoms with Gasteiger partial charge in [-0.15, -0.1) is 0 Å². The van der Waals surface area contributed by atoms with E-state index in [-0.39, 0.29) is 23.5 Å². The first kappa shape index (κ1) is 20.6. The molecule has 0 aliphatic carbocycles. The van der Waals surface area contributed by atoms with Gasteiger partial charge in [0, 0.05) is 30.8 Å². The van der Waals surface area contributed by atoms with Gasteiger partial charge in [0.15, 0.2) is 0 Å². The summed E-state index contributed by atoms with van der Waals surface area (Å²) in [5.74, 6) is 1.16. The number of aromatic nitrogens is 2. The predicted octanol–water partition coefficient (Wildman–Crippen LogP) is 1.91. The second-order valence-corrected chi connectivity index (χ2v) is 7.88. The van der Waals surface area contributed by atoms with Crippen molar-refractivity contribution in [2.75, 3.05) is 20.8 Å². The van der Waals surface area contributed by atoms with Gasteiger partial charge in [-0.1, -0.05) is 6.07 Å². The van der Waals surface area contributed by atoms with Gasteiger partial charge in [-0.3, -0.25) is 9.36 Å². The molecule has 0 aliphatic heterocycles. The highest BCUT2D eigenvalue weighted by molar-refractivity contribution is 7.89. The highest BCUT2D eigenvalue weighted by atomic mass is 32.2. The van der Waals surface area contributed by atoms with Crippen LogP contribution in [0.4, 0.5) is 0 Å². The van der Waals surface area contributed by atoms with E-state index < -0.39 is 10.0 Å². The lowest BCUT2D eigenvalue weighted by molar-refractivity contribution is 0.413. The monoisotopic (exact) mass is 415 g/mol. The van der Waals surface area contributed by atoms with Crippen LogP contribution in [0.5, 0.6) is 11.5 Å². The van der Waals surface area contributed by atoms with Crippen molar-refractivity contribution < 1.29 is 17.9 Å². The Bertz CT molecular complexity index is 1140. The second-order valence-electron chi connectivity index (χ2n) is 6.11. The minimum Gasteiger partial charge on any atom is -0.497 e. The van der Waals surface area contributed by atoms with Crippen molar-refractivity contribution in [1.82, 2.24) is 14.3 Å². The van der Waals surface area contributed by atoms with Crippen LogP contribution in [0.2, 0.25) is 0 Å². The number of methoxy groups -OCH3 is 2. The smallest absolute Gasteiger partial charge is 0.253 e. The standard InChI is InChI=1S/C20H21N3O5S/c1-27-16-8-6-15(7-9-16)19-13-20(24)23(14-21-19)11-10-22-29(25,26)18-5-3-4-17(12-18)28-2/h3-9,12-14,22H,10-11H2,1-2H3. The summed E-state index contributed by atoms with van der Waals surface area (Å²) in [5, 5.41) is 0. The third-order valence-electron chi connectivity index (χ3n) is 4.26. The molecule has 0 unspecified atom stereocenters. The number of nitrogens with one attached hydrogen (secondary N) is 1. The molecule has 3 aromatic rings. The molecule has 0 atom stereocenters.